The molecule has 1 aromatic rings. The second-order valence-corrected chi connectivity index (χ2v) is 5.10. The van der Waals surface area contributed by atoms with E-state index in [1.54, 1.807) is 19.1 Å². The normalized spacial score (nSPS) is 10.2. The number of nitrogens with zero attached hydrogens (tertiary/aromatic N) is 1. The molecule has 0 atom stereocenters. The molecule has 0 spiro atoms. The van der Waals surface area contributed by atoms with E-state index in [9.17, 15) is 10.1 Å². The number of nitro benzene ring substituents is 1. The molecule has 0 aliphatic heterocycles. The monoisotopic (exact) mass is 254 g/mol. The third kappa shape index (κ3) is 4.26. The van der Waals surface area contributed by atoms with Crippen LogP contribution < -0.4 is 5.32 Å². The van der Waals surface area contributed by atoms with E-state index >= 15 is 0 Å². The minimum absolute atomic E-state index is 0.190. The first kappa shape index (κ1) is 13.8. The van der Waals surface area contributed by atoms with Crippen molar-refractivity contribution in [2.24, 2.45) is 0 Å². The Balaban J connectivity index is 2.58. The van der Waals surface area contributed by atoms with Crippen molar-refractivity contribution in [3.8, 4) is 0 Å². The van der Waals surface area contributed by atoms with Gasteiger partial charge in [-0.2, -0.15) is 11.8 Å². The maximum absolute atomic E-state index is 10.9. The summed E-state index contributed by atoms with van der Waals surface area (Å²) in [5.74, 6) is 2.20. The van der Waals surface area contributed by atoms with Gasteiger partial charge in [-0.25, -0.2) is 0 Å². The van der Waals surface area contributed by atoms with Crippen LogP contribution in [0.15, 0.2) is 18.2 Å². The summed E-state index contributed by atoms with van der Waals surface area (Å²) in [7, 11) is 0. The summed E-state index contributed by atoms with van der Waals surface area (Å²) in [6.07, 6.45) is 1.02. The zero-order chi connectivity index (χ0) is 12.7. The quantitative estimate of drug-likeness (QED) is 0.460. The minimum Gasteiger partial charge on any atom is -0.379 e. The molecule has 0 aliphatic carbocycles. The number of rotatable bonds is 7. The van der Waals surface area contributed by atoms with Crippen LogP contribution >= 0.6 is 11.8 Å². The van der Waals surface area contributed by atoms with E-state index in [4.69, 9.17) is 0 Å². The number of hydrogen-bond acceptors (Lipinski definition) is 4. The van der Waals surface area contributed by atoms with Gasteiger partial charge in [0.1, 0.15) is 5.69 Å². The predicted molar refractivity (Wildman–Crippen MR) is 73.9 cm³/mol. The van der Waals surface area contributed by atoms with Crippen molar-refractivity contribution in [1.82, 2.24) is 0 Å². The second-order valence-electron chi connectivity index (χ2n) is 3.71. The number of aryl methyl sites for hydroxylation is 1. The highest BCUT2D eigenvalue weighted by molar-refractivity contribution is 7.99. The fourth-order valence-electron chi connectivity index (χ4n) is 1.59. The largest absolute Gasteiger partial charge is 0.379 e. The summed E-state index contributed by atoms with van der Waals surface area (Å²) in [5, 5.41) is 14.1. The van der Waals surface area contributed by atoms with Crippen molar-refractivity contribution in [3.63, 3.8) is 0 Å². The predicted octanol–water partition coefficient (Wildman–Crippen LogP) is 3.46. The molecule has 1 aromatic carbocycles. The number of nitrogens with one attached hydrogen (secondary N) is 1. The van der Waals surface area contributed by atoms with E-state index in [1.807, 2.05) is 17.8 Å². The van der Waals surface area contributed by atoms with E-state index in [-0.39, 0.29) is 10.6 Å². The first-order valence-electron chi connectivity index (χ1n) is 5.72. The van der Waals surface area contributed by atoms with Gasteiger partial charge in [-0.15, -0.1) is 0 Å². The number of anilines is 1. The molecule has 5 heteroatoms. The van der Waals surface area contributed by atoms with Gasteiger partial charge in [-0.05, 0) is 30.9 Å². The topological polar surface area (TPSA) is 55.2 Å². The maximum Gasteiger partial charge on any atom is 0.295 e. The summed E-state index contributed by atoms with van der Waals surface area (Å²) in [6.45, 7) is 4.66. The fourth-order valence-corrected chi connectivity index (χ4v) is 2.22. The highest BCUT2D eigenvalue weighted by atomic mass is 32.2. The molecule has 1 rings (SSSR count). The summed E-state index contributed by atoms with van der Waals surface area (Å²) < 4.78 is 0. The van der Waals surface area contributed by atoms with E-state index in [0.29, 0.717) is 11.3 Å². The Morgan fingerprint density at radius 1 is 1.47 bits per heavy atom. The molecular weight excluding hydrogens is 236 g/mol. The minimum atomic E-state index is -0.321. The third-order valence-corrected chi connectivity index (χ3v) is 3.39. The van der Waals surface area contributed by atoms with Crippen molar-refractivity contribution >= 4 is 23.1 Å². The van der Waals surface area contributed by atoms with Crippen LogP contribution in [0.25, 0.3) is 0 Å². The van der Waals surface area contributed by atoms with Gasteiger partial charge in [-0.1, -0.05) is 19.1 Å². The zero-order valence-electron chi connectivity index (χ0n) is 10.2. The lowest BCUT2D eigenvalue weighted by Crippen LogP contribution is -2.06. The van der Waals surface area contributed by atoms with Gasteiger partial charge in [0.2, 0.25) is 0 Å². The van der Waals surface area contributed by atoms with Gasteiger partial charge >= 0.3 is 0 Å². The molecule has 0 radical (unpaired) electrons. The van der Waals surface area contributed by atoms with Gasteiger partial charge in [-0.3, -0.25) is 10.1 Å². The Morgan fingerprint density at radius 3 is 2.88 bits per heavy atom. The van der Waals surface area contributed by atoms with Crippen LogP contribution in [0.2, 0.25) is 0 Å². The van der Waals surface area contributed by atoms with Crippen molar-refractivity contribution < 1.29 is 4.92 Å². The Morgan fingerprint density at radius 2 is 2.24 bits per heavy atom. The number of nitro groups is 1. The molecule has 0 saturated heterocycles. The van der Waals surface area contributed by atoms with E-state index in [1.165, 1.54) is 0 Å². The number of benzene rings is 1. The first-order chi connectivity index (χ1) is 8.16. The summed E-state index contributed by atoms with van der Waals surface area (Å²) in [6, 6.07) is 5.36. The maximum atomic E-state index is 10.9. The smallest absolute Gasteiger partial charge is 0.295 e. The van der Waals surface area contributed by atoms with E-state index in [2.05, 4.69) is 12.2 Å². The molecule has 0 amide bonds. The molecule has 94 valence electrons. The third-order valence-electron chi connectivity index (χ3n) is 2.41. The molecule has 0 fully saturated rings. The van der Waals surface area contributed by atoms with Gasteiger partial charge in [0.05, 0.1) is 4.92 Å². The highest BCUT2D eigenvalue weighted by Gasteiger charge is 2.15. The molecule has 0 unspecified atom stereocenters. The van der Waals surface area contributed by atoms with Crippen molar-refractivity contribution in [2.75, 3.05) is 23.4 Å². The Hall–Kier alpha value is -1.23. The Kier molecular flexibility index (Phi) is 5.83. The lowest BCUT2D eigenvalue weighted by molar-refractivity contribution is -0.384. The van der Waals surface area contributed by atoms with Crippen molar-refractivity contribution in [2.45, 2.75) is 20.3 Å². The Bertz CT molecular complexity index is 383. The molecule has 0 bridgehead atoms. The molecule has 0 aromatic heterocycles. The van der Waals surface area contributed by atoms with Gasteiger partial charge in [0.15, 0.2) is 0 Å². The molecular formula is C12H18N2O2S. The molecule has 1 N–H and O–H groups in total. The van der Waals surface area contributed by atoms with Crippen LogP contribution in [0.5, 0.6) is 0 Å². The number of hydrogen-bond donors (Lipinski definition) is 1. The summed E-state index contributed by atoms with van der Waals surface area (Å²) in [5.41, 5.74) is 1.51. The standard InChI is InChI=1S/C12H18N2O2S/c1-3-17-9-5-8-13-11-7-4-6-10(2)12(11)14(15)16/h4,6-7,13H,3,5,8-9H2,1-2H3. The van der Waals surface area contributed by atoms with E-state index in [0.717, 1.165) is 24.5 Å². The van der Waals surface area contributed by atoms with Crippen LogP contribution in [0.3, 0.4) is 0 Å². The van der Waals surface area contributed by atoms with Gasteiger partial charge in [0, 0.05) is 12.1 Å². The summed E-state index contributed by atoms with van der Waals surface area (Å²) in [4.78, 5) is 10.6. The lowest BCUT2D eigenvalue weighted by Gasteiger charge is -2.08. The lowest BCUT2D eigenvalue weighted by atomic mass is 10.1. The molecule has 0 heterocycles. The van der Waals surface area contributed by atoms with Crippen molar-refractivity contribution in [1.29, 1.82) is 0 Å². The highest BCUT2D eigenvalue weighted by Crippen LogP contribution is 2.27. The van der Waals surface area contributed by atoms with Crippen LogP contribution in [0, 0.1) is 17.0 Å². The molecule has 17 heavy (non-hydrogen) atoms. The molecule has 4 nitrogen and oxygen atoms in total. The SMILES string of the molecule is CCSCCCNc1cccc(C)c1[N+](=O)[O-]. The fraction of sp³-hybridized carbons (Fsp3) is 0.500. The Labute approximate surface area is 106 Å². The first-order valence-corrected chi connectivity index (χ1v) is 6.88. The second kappa shape index (κ2) is 7.17. The zero-order valence-corrected chi connectivity index (χ0v) is 11.0. The van der Waals surface area contributed by atoms with Gasteiger partial charge < -0.3 is 5.32 Å². The van der Waals surface area contributed by atoms with Crippen LogP contribution in [0.4, 0.5) is 11.4 Å². The van der Waals surface area contributed by atoms with Crippen LogP contribution in [0.1, 0.15) is 18.9 Å². The van der Waals surface area contributed by atoms with Crippen LogP contribution in [-0.2, 0) is 0 Å². The van der Waals surface area contributed by atoms with E-state index < -0.39 is 0 Å². The van der Waals surface area contributed by atoms with Crippen LogP contribution in [-0.4, -0.2) is 23.0 Å². The molecule has 0 saturated carbocycles. The average Bonchev–Trinajstić information content (AvgIpc) is 2.28. The number of thioether (sulfide) groups is 1. The van der Waals surface area contributed by atoms with Gasteiger partial charge in [0.25, 0.3) is 5.69 Å². The summed E-state index contributed by atoms with van der Waals surface area (Å²) >= 11 is 1.88. The molecule has 0 aliphatic rings. The number of para-hydroxylation sites is 1. The van der Waals surface area contributed by atoms with Crippen molar-refractivity contribution in [3.05, 3.63) is 33.9 Å². The average molecular weight is 254 g/mol.